The minimum Gasteiger partial charge on any atom is -0.494 e. The minimum atomic E-state index is 0.167. The Labute approximate surface area is 108 Å². The molecular formula is C15H19NO2. The van der Waals surface area contributed by atoms with Gasteiger partial charge in [0.05, 0.1) is 6.61 Å². The van der Waals surface area contributed by atoms with Crippen LogP contribution in [-0.4, -0.2) is 24.5 Å². The number of benzene rings is 1. The lowest BCUT2D eigenvalue weighted by atomic mass is 9.84. The molecule has 1 aromatic carbocycles. The van der Waals surface area contributed by atoms with Crippen LogP contribution in [0.15, 0.2) is 24.3 Å². The zero-order valence-corrected chi connectivity index (χ0v) is 10.7. The molecular weight excluding hydrogens is 226 g/mol. The summed E-state index contributed by atoms with van der Waals surface area (Å²) in [6.07, 6.45) is 3.38. The molecule has 1 aromatic rings. The maximum atomic E-state index is 12.5. The lowest BCUT2D eigenvalue weighted by Gasteiger charge is -2.19. The van der Waals surface area contributed by atoms with E-state index in [9.17, 15) is 4.79 Å². The number of fused-ring (bicyclic) bond motifs is 2. The molecule has 0 amide bonds. The van der Waals surface area contributed by atoms with Crippen molar-refractivity contribution in [3.8, 4) is 5.75 Å². The summed E-state index contributed by atoms with van der Waals surface area (Å²) in [5.41, 5.74) is 0.792. The van der Waals surface area contributed by atoms with Gasteiger partial charge in [-0.25, -0.2) is 0 Å². The number of ketones is 1. The molecule has 2 heterocycles. The van der Waals surface area contributed by atoms with Gasteiger partial charge in [0, 0.05) is 23.6 Å². The first-order valence-corrected chi connectivity index (χ1v) is 6.81. The third-order valence-corrected chi connectivity index (χ3v) is 4.07. The van der Waals surface area contributed by atoms with Crippen LogP contribution in [0.5, 0.6) is 5.75 Å². The molecule has 1 N–H and O–H groups in total. The molecule has 2 fully saturated rings. The van der Waals surface area contributed by atoms with Crippen molar-refractivity contribution in [2.24, 2.45) is 5.92 Å². The summed E-state index contributed by atoms with van der Waals surface area (Å²) >= 11 is 0. The van der Waals surface area contributed by atoms with Crippen molar-refractivity contribution in [1.29, 1.82) is 0 Å². The number of hydrogen-bond donors (Lipinski definition) is 1. The fourth-order valence-electron chi connectivity index (χ4n) is 3.23. The van der Waals surface area contributed by atoms with Crippen LogP contribution in [0.1, 0.15) is 36.5 Å². The predicted octanol–water partition coefficient (Wildman–Crippen LogP) is 2.41. The highest BCUT2D eigenvalue weighted by molar-refractivity contribution is 5.99. The molecule has 0 aromatic heterocycles. The van der Waals surface area contributed by atoms with Crippen LogP contribution in [0.4, 0.5) is 0 Å². The summed E-state index contributed by atoms with van der Waals surface area (Å²) in [5.74, 6) is 1.23. The Bertz CT molecular complexity index is 458. The largest absolute Gasteiger partial charge is 0.494 e. The first-order chi connectivity index (χ1) is 8.78. The fourth-order valence-corrected chi connectivity index (χ4v) is 3.23. The Morgan fingerprint density at radius 1 is 1.44 bits per heavy atom. The van der Waals surface area contributed by atoms with Crippen molar-refractivity contribution in [2.45, 2.75) is 38.3 Å². The van der Waals surface area contributed by atoms with E-state index < -0.39 is 0 Å². The van der Waals surface area contributed by atoms with Crippen molar-refractivity contribution in [3.63, 3.8) is 0 Å². The molecule has 0 radical (unpaired) electrons. The molecule has 3 rings (SSSR count). The Hall–Kier alpha value is -1.35. The van der Waals surface area contributed by atoms with Crippen LogP contribution >= 0.6 is 0 Å². The maximum Gasteiger partial charge on any atom is 0.167 e. The molecule has 3 nitrogen and oxygen atoms in total. The Balaban J connectivity index is 1.77. The monoisotopic (exact) mass is 245 g/mol. The number of carbonyl (C=O) groups excluding carboxylic acids is 1. The van der Waals surface area contributed by atoms with Crippen LogP contribution in [0.2, 0.25) is 0 Å². The number of nitrogens with one attached hydrogen (secondary N) is 1. The van der Waals surface area contributed by atoms with Gasteiger partial charge in [-0.3, -0.25) is 4.79 Å². The average Bonchev–Trinajstić information content (AvgIpc) is 3.01. The van der Waals surface area contributed by atoms with E-state index in [2.05, 4.69) is 5.32 Å². The van der Waals surface area contributed by atoms with E-state index in [0.29, 0.717) is 18.7 Å². The molecule has 3 atom stereocenters. The first-order valence-electron chi connectivity index (χ1n) is 6.81. The standard InChI is InChI=1S/C15H19NO2/c1-2-18-12-5-3-4-10(8-12)15(17)13-9-11-6-7-14(13)16-11/h3-5,8,11,13-14,16H,2,6-7,9H2,1H3. The van der Waals surface area contributed by atoms with Crippen LogP contribution in [0.25, 0.3) is 0 Å². The van der Waals surface area contributed by atoms with Gasteiger partial charge in [0.1, 0.15) is 5.75 Å². The van der Waals surface area contributed by atoms with E-state index in [0.717, 1.165) is 24.2 Å². The zero-order valence-electron chi connectivity index (χ0n) is 10.7. The zero-order chi connectivity index (χ0) is 12.5. The summed E-state index contributed by atoms with van der Waals surface area (Å²) in [7, 11) is 0. The summed E-state index contributed by atoms with van der Waals surface area (Å²) in [6, 6.07) is 8.55. The van der Waals surface area contributed by atoms with Gasteiger partial charge in [-0.2, -0.15) is 0 Å². The van der Waals surface area contributed by atoms with E-state index in [4.69, 9.17) is 4.74 Å². The Morgan fingerprint density at radius 3 is 3.00 bits per heavy atom. The van der Waals surface area contributed by atoms with Gasteiger partial charge < -0.3 is 10.1 Å². The third-order valence-electron chi connectivity index (χ3n) is 4.07. The SMILES string of the molecule is CCOc1cccc(C(=O)C2CC3CCC2N3)c1. The van der Waals surface area contributed by atoms with Gasteiger partial charge in [0.2, 0.25) is 0 Å². The normalized spacial score (nSPS) is 29.5. The van der Waals surface area contributed by atoms with Crippen LogP contribution < -0.4 is 10.1 Å². The van der Waals surface area contributed by atoms with Crippen molar-refractivity contribution in [2.75, 3.05) is 6.61 Å². The molecule has 96 valence electrons. The van der Waals surface area contributed by atoms with Gasteiger partial charge in [-0.15, -0.1) is 0 Å². The van der Waals surface area contributed by atoms with Crippen LogP contribution in [0, 0.1) is 5.92 Å². The number of hydrogen-bond acceptors (Lipinski definition) is 3. The highest BCUT2D eigenvalue weighted by Gasteiger charge is 2.42. The highest BCUT2D eigenvalue weighted by Crippen LogP contribution is 2.35. The van der Waals surface area contributed by atoms with E-state index in [1.807, 2.05) is 31.2 Å². The van der Waals surface area contributed by atoms with E-state index in [-0.39, 0.29) is 11.7 Å². The molecule has 0 saturated carbocycles. The van der Waals surface area contributed by atoms with Gasteiger partial charge in [0.25, 0.3) is 0 Å². The van der Waals surface area contributed by atoms with Crippen LogP contribution in [-0.2, 0) is 0 Å². The predicted molar refractivity (Wildman–Crippen MR) is 70.0 cm³/mol. The second-order valence-corrected chi connectivity index (χ2v) is 5.21. The molecule has 3 unspecified atom stereocenters. The molecule has 0 aliphatic carbocycles. The number of carbonyl (C=O) groups is 1. The third kappa shape index (κ3) is 2.03. The van der Waals surface area contributed by atoms with Gasteiger partial charge >= 0.3 is 0 Å². The van der Waals surface area contributed by atoms with Crippen LogP contribution in [0.3, 0.4) is 0 Å². The smallest absolute Gasteiger partial charge is 0.167 e. The molecule has 18 heavy (non-hydrogen) atoms. The second-order valence-electron chi connectivity index (χ2n) is 5.21. The minimum absolute atomic E-state index is 0.167. The Kier molecular flexibility index (Phi) is 3.08. The summed E-state index contributed by atoms with van der Waals surface area (Å²) in [5, 5.41) is 3.52. The quantitative estimate of drug-likeness (QED) is 0.828. The number of rotatable bonds is 4. The fraction of sp³-hybridized carbons (Fsp3) is 0.533. The van der Waals surface area contributed by atoms with E-state index in [1.165, 1.54) is 6.42 Å². The molecule has 2 aliphatic heterocycles. The average molecular weight is 245 g/mol. The lowest BCUT2D eigenvalue weighted by molar-refractivity contribution is 0.0900. The second kappa shape index (κ2) is 4.73. The molecule has 2 bridgehead atoms. The van der Waals surface area contributed by atoms with Crippen molar-refractivity contribution < 1.29 is 9.53 Å². The van der Waals surface area contributed by atoms with Gasteiger partial charge in [-0.05, 0) is 38.3 Å². The van der Waals surface area contributed by atoms with E-state index >= 15 is 0 Å². The summed E-state index contributed by atoms with van der Waals surface area (Å²) < 4.78 is 5.45. The number of ether oxygens (including phenoxy) is 1. The molecule has 2 saturated heterocycles. The first kappa shape index (κ1) is 11.7. The topological polar surface area (TPSA) is 38.3 Å². The molecule has 0 spiro atoms. The lowest BCUT2D eigenvalue weighted by Crippen LogP contribution is -2.28. The van der Waals surface area contributed by atoms with Gasteiger partial charge in [-0.1, -0.05) is 12.1 Å². The Morgan fingerprint density at radius 2 is 2.33 bits per heavy atom. The molecule has 2 aliphatic rings. The number of Topliss-reactive ketones (excluding diaryl/α,β-unsaturated/α-hetero) is 1. The maximum absolute atomic E-state index is 12.5. The molecule has 3 heteroatoms. The van der Waals surface area contributed by atoms with Crippen molar-refractivity contribution in [1.82, 2.24) is 5.32 Å². The van der Waals surface area contributed by atoms with E-state index in [1.54, 1.807) is 0 Å². The van der Waals surface area contributed by atoms with Crippen molar-refractivity contribution >= 4 is 5.78 Å². The highest BCUT2D eigenvalue weighted by atomic mass is 16.5. The van der Waals surface area contributed by atoms with Gasteiger partial charge in [0.15, 0.2) is 5.78 Å². The summed E-state index contributed by atoms with van der Waals surface area (Å²) in [6.45, 7) is 2.58. The summed E-state index contributed by atoms with van der Waals surface area (Å²) in [4.78, 5) is 12.5. The van der Waals surface area contributed by atoms with Crippen molar-refractivity contribution in [3.05, 3.63) is 29.8 Å².